The lowest BCUT2D eigenvalue weighted by Gasteiger charge is -2.12. The number of nitrogens with zero attached hydrogens (tertiary/aromatic N) is 4. The molecule has 1 N–H and O–H groups in total. The maximum absolute atomic E-state index is 12.7. The predicted molar refractivity (Wildman–Crippen MR) is 102 cm³/mol. The fourth-order valence-electron chi connectivity index (χ4n) is 2.52. The van der Waals surface area contributed by atoms with Crippen LogP contribution in [0.3, 0.4) is 0 Å². The first-order valence-corrected chi connectivity index (χ1v) is 8.56. The number of esters is 1. The lowest BCUT2D eigenvalue weighted by molar-refractivity contribution is -0.142. The van der Waals surface area contributed by atoms with Crippen molar-refractivity contribution < 1.29 is 23.8 Å². The Kier molecular flexibility index (Phi) is 6.03. The summed E-state index contributed by atoms with van der Waals surface area (Å²) >= 11 is 0. The maximum atomic E-state index is 12.7. The number of amides is 1. The van der Waals surface area contributed by atoms with Gasteiger partial charge in [-0.3, -0.25) is 4.79 Å². The second kappa shape index (κ2) is 8.83. The number of tetrazole rings is 1. The Morgan fingerprint density at radius 2 is 1.93 bits per heavy atom. The normalized spacial score (nSPS) is 10.3. The molecule has 150 valence electrons. The first-order valence-electron chi connectivity index (χ1n) is 8.56. The number of nitrogens with one attached hydrogen (secondary N) is 1. The summed E-state index contributed by atoms with van der Waals surface area (Å²) in [4.78, 5) is 24.0. The number of carbonyl (C=O) groups is 2. The smallest absolute Gasteiger partial charge is 0.343 e. The molecule has 0 saturated carbocycles. The van der Waals surface area contributed by atoms with Crippen LogP contribution in [0.1, 0.15) is 16.2 Å². The van der Waals surface area contributed by atoms with E-state index >= 15 is 0 Å². The lowest BCUT2D eigenvalue weighted by Crippen LogP contribution is -2.15. The highest BCUT2D eigenvalue weighted by Crippen LogP contribution is 2.28. The van der Waals surface area contributed by atoms with E-state index in [1.807, 2.05) is 6.07 Å². The number of rotatable bonds is 7. The molecule has 0 bridgehead atoms. The minimum atomic E-state index is -0.545. The third kappa shape index (κ3) is 4.67. The summed E-state index contributed by atoms with van der Waals surface area (Å²) in [5.41, 5.74) is 1.60. The number of methoxy groups -OCH3 is 2. The van der Waals surface area contributed by atoms with Crippen molar-refractivity contribution in [2.24, 2.45) is 0 Å². The molecule has 0 atom stereocenters. The molecular weight excluding hydrogens is 378 g/mol. The molecule has 1 aromatic heterocycles. The first-order chi connectivity index (χ1) is 14.0. The molecule has 0 aliphatic heterocycles. The zero-order valence-electron chi connectivity index (χ0n) is 16.1. The summed E-state index contributed by atoms with van der Waals surface area (Å²) in [5.74, 6) is 0.360. The summed E-state index contributed by atoms with van der Waals surface area (Å²) in [6.07, 6.45) is 0. The van der Waals surface area contributed by atoms with Crippen LogP contribution in [0.2, 0.25) is 0 Å². The Bertz CT molecular complexity index is 1030. The summed E-state index contributed by atoms with van der Waals surface area (Å²) in [6.45, 7) is 1.48. The van der Waals surface area contributed by atoms with Gasteiger partial charge in [0.25, 0.3) is 5.91 Å². The minimum absolute atomic E-state index is 0.253. The van der Waals surface area contributed by atoms with E-state index in [4.69, 9.17) is 9.47 Å². The van der Waals surface area contributed by atoms with Crippen LogP contribution in [-0.2, 0) is 9.53 Å². The first kappa shape index (κ1) is 19.8. The molecule has 2 aromatic carbocycles. The Hall–Kier alpha value is -3.95. The highest BCUT2D eigenvalue weighted by molar-refractivity contribution is 6.04. The number of benzene rings is 2. The highest BCUT2D eigenvalue weighted by atomic mass is 16.6. The molecule has 0 saturated heterocycles. The van der Waals surface area contributed by atoms with Crippen molar-refractivity contribution in [3.8, 4) is 17.2 Å². The second-order valence-corrected chi connectivity index (χ2v) is 5.87. The van der Waals surface area contributed by atoms with E-state index in [0.717, 1.165) is 0 Å². The summed E-state index contributed by atoms with van der Waals surface area (Å²) in [6, 6.07) is 11.8. The van der Waals surface area contributed by atoms with Crippen LogP contribution < -0.4 is 14.8 Å². The topological polar surface area (TPSA) is 117 Å². The molecule has 0 radical (unpaired) electrons. The van der Waals surface area contributed by atoms with Gasteiger partial charge in [-0.2, -0.15) is 4.68 Å². The molecule has 0 aliphatic carbocycles. The van der Waals surface area contributed by atoms with E-state index in [1.165, 1.54) is 20.3 Å². The molecule has 3 rings (SSSR count). The lowest BCUT2D eigenvalue weighted by atomic mass is 10.1. The van der Waals surface area contributed by atoms with Gasteiger partial charge in [0.15, 0.2) is 23.9 Å². The van der Waals surface area contributed by atoms with Crippen LogP contribution in [0.4, 0.5) is 5.69 Å². The average Bonchev–Trinajstić information content (AvgIpc) is 3.17. The standard InChI is InChI=1S/C19H19N5O5/c1-12-21-22-23-24(12)15-6-4-5-14(10-15)20-19(26)13-7-8-16(27-2)17(9-13)29-11-18(25)28-3/h4-10H,11H2,1-3H3,(H,20,26). The third-order valence-electron chi connectivity index (χ3n) is 3.97. The van der Waals surface area contributed by atoms with Crippen molar-refractivity contribution in [1.82, 2.24) is 20.2 Å². The molecule has 0 aliphatic rings. The van der Waals surface area contributed by atoms with Crippen LogP contribution in [0.5, 0.6) is 11.5 Å². The van der Waals surface area contributed by atoms with Gasteiger partial charge in [-0.25, -0.2) is 4.79 Å². The van der Waals surface area contributed by atoms with E-state index in [1.54, 1.807) is 41.9 Å². The van der Waals surface area contributed by atoms with Gasteiger partial charge in [0.1, 0.15) is 0 Å². The molecule has 0 spiro atoms. The van der Waals surface area contributed by atoms with Crippen LogP contribution in [0.15, 0.2) is 42.5 Å². The molecule has 29 heavy (non-hydrogen) atoms. The van der Waals surface area contributed by atoms with E-state index in [-0.39, 0.29) is 18.3 Å². The van der Waals surface area contributed by atoms with Crippen molar-refractivity contribution in [1.29, 1.82) is 0 Å². The molecule has 0 unspecified atom stereocenters. The van der Waals surface area contributed by atoms with E-state index in [0.29, 0.717) is 28.5 Å². The summed E-state index contributed by atoms with van der Waals surface area (Å²) < 4.78 is 16.7. The number of ether oxygens (including phenoxy) is 3. The number of hydrogen-bond donors (Lipinski definition) is 1. The van der Waals surface area contributed by atoms with Crippen LogP contribution in [0.25, 0.3) is 5.69 Å². The van der Waals surface area contributed by atoms with Crippen molar-refractivity contribution >= 4 is 17.6 Å². The van der Waals surface area contributed by atoms with Crippen LogP contribution in [0, 0.1) is 6.92 Å². The Balaban J connectivity index is 1.78. The minimum Gasteiger partial charge on any atom is -0.493 e. The van der Waals surface area contributed by atoms with Gasteiger partial charge in [-0.1, -0.05) is 6.07 Å². The highest BCUT2D eigenvalue weighted by Gasteiger charge is 2.14. The van der Waals surface area contributed by atoms with E-state index in [9.17, 15) is 9.59 Å². The number of anilines is 1. The SMILES string of the molecule is COC(=O)COc1cc(C(=O)Nc2cccc(-n3nnnc3C)c2)ccc1OC. The molecule has 10 nitrogen and oxygen atoms in total. The summed E-state index contributed by atoms with van der Waals surface area (Å²) in [7, 11) is 2.73. The van der Waals surface area contributed by atoms with Crippen LogP contribution >= 0.6 is 0 Å². The van der Waals surface area contributed by atoms with Crippen molar-refractivity contribution in [3.63, 3.8) is 0 Å². The third-order valence-corrected chi connectivity index (χ3v) is 3.97. The van der Waals surface area contributed by atoms with Gasteiger partial charge >= 0.3 is 5.97 Å². The number of carbonyl (C=O) groups excluding carboxylic acids is 2. The number of aryl methyl sites for hydroxylation is 1. The van der Waals surface area contributed by atoms with Gasteiger partial charge in [0.2, 0.25) is 0 Å². The van der Waals surface area contributed by atoms with Gasteiger partial charge in [-0.15, -0.1) is 5.10 Å². The van der Waals surface area contributed by atoms with Crippen LogP contribution in [-0.4, -0.2) is 52.9 Å². The zero-order chi connectivity index (χ0) is 20.8. The maximum Gasteiger partial charge on any atom is 0.343 e. The molecule has 0 fully saturated rings. The molecular formula is C19H19N5O5. The van der Waals surface area contributed by atoms with Crippen molar-refractivity contribution in [2.45, 2.75) is 6.92 Å². The quantitative estimate of drug-likeness (QED) is 0.600. The van der Waals surface area contributed by atoms with Gasteiger partial charge < -0.3 is 19.5 Å². The molecule has 1 heterocycles. The van der Waals surface area contributed by atoms with Gasteiger partial charge in [0, 0.05) is 11.3 Å². The zero-order valence-corrected chi connectivity index (χ0v) is 16.1. The Labute approximate surface area is 166 Å². The number of aromatic nitrogens is 4. The fraction of sp³-hybridized carbons (Fsp3) is 0.211. The van der Waals surface area contributed by atoms with Crippen molar-refractivity contribution in [2.75, 3.05) is 26.1 Å². The average molecular weight is 397 g/mol. The molecule has 3 aromatic rings. The number of hydrogen-bond acceptors (Lipinski definition) is 8. The Morgan fingerprint density at radius 3 is 2.62 bits per heavy atom. The van der Waals surface area contributed by atoms with Crippen molar-refractivity contribution in [3.05, 3.63) is 53.9 Å². The second-order valence-electron chi connectivity index (χ2n) is 5.87. The Morgan fingerprint density at radius 1 is 1.10 bits per heavy atom. The monoisotopic (exact) mass is 397 g/mol. The molecule has 1 amide bonds. The largest absolute Gasteiger partial charge is 0.493 e. The predicted octanol–water partition coefficient (Wildman–Crippen LogP) is 1.78. The van der Waals surface area contributed by atoms with Gasteiger partial charge in [-0.05, 0) is 53.7 Å². The molecule has 10 heteroatoms. The summed E-state index contributed by atoms with van der Waals surface area (Å²) in [5, 5.41) is 14.2. The van der Waals surface area contributed by atoms with Gasteiger partial charge in [0.05, 0.1) is 19.9 Å². The van der Waals surface area contributed by atoms with E-state index < -0.39 is 5.97 Å². The van der Waals surface area contributed by atoms with E-state index in [2.05, 4.69) is 25.6 Å². The fourth-order valence-corrected chi connectivity index (χ4v) is 2.52.